The first kappa shape index (κ1) is 8.15. The summed E-state index contributed by atoms with van der Waals surface area (Å²) >= 11 is 0. The van der Waals surface area contributed by atoms with Crippen LogP contribution >= 0.6 is 0 Å². The van der Waals surface area contributed by atoms with Gasteiger partial charge in [0.15, 0.2) is 0 Å². The highest BCUT2D eigenvalue weighted by Crippen LogP contribution is 2.20. The Morgan fingerprint density at radius 2 is 1.25 bits per heavy atom. The van der Waals surface area contributed by atoms with Crippen molar-refractivity contribution in [3.63, 3.8) is 0 Å². The summed E-state index contributed by atoms with van der Waals surface area (Å²) in [5.41, 5.74) is 0. The van der Waals surface area contributed by atoms with Crippen LogP contribution in [0, 0.1) is 0 Å². The molecule has 0 fully saturated rings. The van der Waals surface area contributed by atoms with Crippen molar-refractivity contribution in [2.75, 3.05) is 0 Å². The summed E-state index contributed by atoms with van der Waals surface area (Å²) in [6.07, 6.45) is 0. The van der Waals surface area contributed by atoms with Gasteiger partial charge in [0.1, 0.15) is 0 Å². The highest BCUT2D eigenvalue weighted by molar-refractivity contribution is 6.72. The Morgan fingerprint density at radius 1 is 1.00 bits per heavy atom. The molecule has 0 heterocycles. The van der Waals surface area contributed by atoms with Crippen molar-refractivity contribution in [1.82, 2.24) is 0 Å². The Morgan fingerprint density at radius 3 is 1.25 bits per heavy atom. The fraction of sp³-hybridized carbons (Fsp3) is 1.00. The largest absolute Gasteiger partial charge is 0.314 e. The topological polar surface area (TPSA) is 0 Å². The lowest BCUT2D eigenvalue weighted by atomic mass is 10.9. The third kappa shape index (κ3) is 1.95. The predicted molar refractivity (Wildman–Crippen MR) is 38.3 cm³/mol. The molecule has 0 bridgehead atoms. The van der Waals surface area contributed by atoms with Gasteiger partial charge in [-0.25, -0.2) is 0 Å². The van der Waals surface area contributed by atoms with E-state index >= 15 is 0 Å². The van der Waals surface area contributed by atoms with Crippen LogP contribution in [0.25, 0.3) is 0 Å². The summed E-state index contributed by atoms with van der Waals surface area (Å²) in [7, 11) is -2.17. The summed E-state index contributed by atoms with van der Waals surface area (Å²) < 4.78 is 13.1. The molecule has 0 aliphatic heterocycles. The zero-order chi connectivity index (χ0) is 6.62. The van der Waals surface area contributed by atoms with Gasteiger partial charge in [-0.15, -0.1) is 0 Å². The smallest absolute Gasteiger partial charge is 0.246 e. The molecule has 0 N–H and O–H groups in total. The highest BCUT2D eigenvalue weighted by atomic mass is 28.4. The van der Waals surface area contributed by atoms with E-state index < -0.39 is 8.41 Å². The quantitative estimate of drug-likeness (QED) is 0.411. The van der Waals surface area contributed by atoms with E-state index in [0.717, 1.165) is 18.1 Å². The molecular formula is C6H15FSi. The van der Waals surface area contributed by atoms with Crippen molar-refractivity contribution in [3.05, 3.63) is 0 Å². The average molecular weight is 134 g/mol. The molecule has 0 rings (SSSR count). The van der Waals surface area contributed by atoms with Crippen molar-refractivity contribution in [2.24, 2.45) is 0 Å². The molecule has 0 aliphatic rings. The molecule has 0 radical (unpaired) electrons. The summed E-state index contributed by atoms with van der Waals surface area (Å²) in [5.74, 6) is 0. The van der Waals surface area contributed by atoms with Crippen LogP contribution in [0.3, 0.4) is 0 Å². The second-order valence-electron chi connectivity index (χ2n) is 2.21. The maximum atomic E-state index is 13.1. The van der Waals surface area contributed by atoms with Crippen LogP contribution in [0.4, 0.5) is 4.11 Å². The minimum atomic E-state index is -2.17. The summed E-state index contributed by atoms with van der Waals surface area (Å²) in [5, 5.41) is 0. The van der Waals surface area contributed by atoms with Gasteiger partial charge in [0, 0.05) is 0 Å². The number of rotatable bonds is 3. The van der Waals surface area contributed by atoms with Crippen molar-refractivity contribution in [3.8, 4) is 0 Å². The van der Waals surface area contributed by atoms with Gasteiger partial charge in [-0.1, -0.05) is 20.8 Å². The molecule has 0 unspecified atom stereocenters. The molecular weight excluding hydrogens is 119 g/mol. The molecule has 0 aromatic rings. The van der Waals surface area contributed by atoms with Crippen molar-refractivity contribution >= 4 is 8.41 Å². The Bertz CT molecular complexity index is 51.3. The van der Waals surface area contributed by atoms with Gasteiger partial charge in [0.05, 0.1) is 0 Å². The highest BCUT2D eigenvalue weighted by Gasteiger charge is 2.26. The van der Waals surface area contributed by atoms with Crippen LogP contribution in [0.1, 0.15) is 20.8 Å². The second-order valence-corrected chi connectivity index (χ2v) is 6.63. The first-order chi connectivity index (χ1) is 3.68. The van der Waals surface area contributed by atoms with Gasteiger partial charge in [-0.05, 0) is 18.1 Å². The van der Waals surface area contributed by atoms with Gasteiger partial charge in [0.25, 0.3) is 0 Å². The molecule has 0 aliphatic carbocycles. The summed E-state index contributed by atoms with van der Waals surface area (Å²) in [6.45, 7) is 5.87. The molecule has 50 valence electrons. The molecule has 0 atom stereocenters. The van der Waals surface area contributed by atoms with Gasteiger partial charge in [0.2, 0.25) is 8.41 Å². The zero-order valence-corrected chi connectivity index (χ0v) is 7.00. The fourth-order valence-electron chi connectivity index (χ4n) is 0.750. The molecule has 0 saturated heterocycles. The fourth-order valence-corrected chi connectivity index (χ4v) is 2.25. The Labute approximate surface area is 52.3 Å². The number of hydrogen-bond donors (Lipinski definition) is 0. The standard InChI is InChI=1S/C6H15FSi/c1-4-8(7,5-2)6-3/h4-6H2,1-3H3. The molecule has 0 saturated carbocycles. The normalized spacial score (nSPS) is 12.0. The molecule has 0 aromatic heterocycles. The van der Waals surface area contributed by atoms with E-state index in [0.29, 0.717) is 0 Å². The van der Waals surface area contributed by atoms with E-state index in [4.69, 9.17) is 0 Å². The lowest BCUT2D eigenvalue weighted by Crippen LogP contribution is -2.23. The predicted octanol–water partition coefficient (Wildman–Crippen LogP) is 2.96. The van der Waals surface area contributed by atoms with E-state index in [9.17, 15) is 4.11 Å². The van der Waals surface area contributed by atoms with E-state index in [1.807, 2.05) is 20.8 Å². The molecule has 8 heavy (non-hydrogen) atoms. The van der Waals surface area contributed by atoms with Crippen molar-refractivity contribution < 1.29 is 4.11 Å². The third-order valence-corrected chi connectivity index (χ3v) is 5.70. The van der Waals surface area contributed by atoms with Gasteiger partial charge >= 0.3 is 0 Å². The molecule has 0 spiro atoms. The van der Waals surface area contributed by atoms with E-state index in [-0.39, 0.29) is 0 Å². The second kappa shape index (κ2) is 3.23. The first-order valence-corrected chi connectivity index (χ1v) is 5.87. The van der Waals surface area contributed by atoms with E-state index in [1.165, 1.54) is 0 Å². The molecule has 0 nitrogen and oxygen atoms in total. The number of hydrogen-bond acceptors (Lipinski definition) is 0. The monoisotopic (exact) mass is 134 g/mol. The lowest BCUT2D eigenvalue weighted by Gasteiger charge is -2.14. The molecule has 0 aromatic carbocycles. The minimum Gasteiger partial charge on any atom is -0.314 e. The maximum Gasteiger partial charge on any atom is 0.246 e. The maximum absolute atomic E-state index is 13.1. The van der Waals surface area contributed by atoms with Crippen molar-refractivity contribution in [2.45, 2.75) is 38.9 Å². The Hall–Kier alpha value is 0.147. The first-order valence-electron chi connectivity index (χ1n) is 3.37. The van der Waals surface area contributed by atoms with Crippen LogP contribution in [-0.4, -0.2) is 8.41 Å². The minimum absolute atomic E-state index is 0.792. The summed E-state index contributed by atoms with van der Waals surface area (Å²) in [4.78, 5) is 0. The Balaban J connectivity index is 3.58. The van der Waals surface area contributed by atoms with Crippen LogP contribution < -0.4 is 0 Å². The average Bonchev–Trinajstić information content (AvgIpc) is 1.87. The number of halogens is 1. The third-order valence-electron chi connectivity index (χ3n) is 1.90. The zero-order valence-electron chi connectivity index (χ0n) is 6.00. The molecule has 0 amide bonds. The van der Waals surface area contributed by atoms with Crippen LogP contribution in [-0.2, 0) is 0 Å². The molecule has 2 heteroatoms. The van der Waals surface area contributed by atoms with Crippen LogP contribution in [0.5, 0.6) is 0 Å². The SMILES string of the molecule is CC[Si](F)(CC)CC. The van der Waals surface area contributed by atoms with Gasteiger partial charge < -0.3 is 4.11 Å². The van der Waals surface area contributed by atoms with Gasteiger partial charge in [-0.3, -0.25) is 0 Å². The van der Waals surface area contributed by atoms with E-state index in [2.05, 4.69) is 0 Å². The Kier molecular flexibility index (Phi) is 3.29. The van der Waals surface area contributed by atoms with Crippen LogP contribution in [0.2, 0.25) is 18.1 Å². The van der Waals surface area contributed by atoms with Crippen LogP contribution in [0.15, 0.2) is 0 Å². The van der Waals surface area contributed by atoms with Crippen molar-refractivity contribution in [1.29, 1.82) is 0 Å². The summed E-state index contributed by atoms with van der Waals surface area (Å²) in [6, 6.07) is 2.38. The lowest BCUT2D eigenvalue weighted by molar-refractivity contribution is 0.753. The van der Waals surface area contributed by atoms with E-state index in [1.54, 1.807) is 0 Å². The van der Waals surface area contributed by atoms with Gasteiger partial charge in [-0.2, -0.15) is 0 Å².